The number of anilines is 1. The van der Waals surface area contributed by atoms with E-state index in [9.17, 15) is 9.59 Å². The second-order valence-electron chi connectivity index (χ2n) is 8.50. The number of amides is 2. The molecule has 1 heterocycles. The van der Waals surface area contributed by atoms with Crippen LogP contribution in [0.25, 0.3) is 0 Å². The van der Waals surface area contributed by atoms with Gasteiger partial charge in [0, 0.05) is 12.7 Å². The summed E-state index contributed by atoms with van der Waals surface area (Å²) in [5.41, 5.74) is 3.23. The van der Waals surface area contributed by atoms with Gasteiger partial charge in [-0.05, 0) is 30.5 Å². The number of quaternary nitrogens is 2. The van der Waals surface area contributed by atoms with E-state index in [-0.39, 0.29) is 17.9 Å². The van der Waals surface area contributed by atoms with Gasteiger partial charge in [0.2, 0.25) is 0 Å². The summed E-state index contributed by atoms with van der Waals surface area (Å²) in [4.78, 5) is 29.7. The number of piperazine rings is 1. The lowest BCUT2D eigenvalue weighted by molar-refractivity contribution is -1.00. The molecule has 166 valence electrons. The van der Waals surface area contributed by atoms with Crippen molar-refractivity contribution in [3.05, 3.63) is 65.7 Å². The van der Waals surface area contributed by atoms with E-state index in [1.54, 1.807) is 0 Å². The van der Waals surface area contributed by atoms with Gasteiger partial charge in [-0.1, -0.05) is 55.5 Å². The molecule has 6 heteroatoms. The summed E-state index contributed by atoms with van der Waals surface area (Å²) < 4.78 is 0. The highest BCUT2D eigenvalue weighted by Gasteiger charge is 2.28. The minimum absolute atomic E-state index is 0.0619. The van der Waals surface area contributed by atoms with Crippen LogP contribution in [0.5, 0.6) is 0 Å². The Bertz CT molecular complexity index is 863. The van der Waals surface area contributed by atoms with Gasteiger partial charge in [-0.15, -0.1) is 0 Å². The molecule has 0 radical (unpaired) electrons. The van der Waals surface area contributed by atoms with E-state index in [0.29, 0.717) is 13.1 Å². The molecular formula is C25H36N4O2+2. The summed E-state index contributed by atoms with van der Waals surface area (Å²) in [5, 5.41) is 3.07. The molecule has 1 aliphatic heterocycles. The molecule has 0 bridgehead atoms. The van der Waals surface area contributed by atoms with Crippen LogP contribution in [0.1, 0.15) is 31.0 Å². The average molecular weight is 425 g/mol. The fourth-order valence-electron chi connectivity index (χ4n) is 4.19. The Morgan fingerprint density at radius 3 is 2.16 bits per heavy atom. The molecule has 0 saturated carbocycles. The lowest BCUT2D eigenvalue weighted by Gasteiger charge is -2.31. The minimum Gasteiger partial charge on any atom is -0.334 e. The van der Waals surface area contributed by atoms with Crippen molar-refractivity contribution in [1.29, 1.82) is 0 Å². The molecule has 1 fully saturated rings. The first-order valence-corrected chi connectivity index (χ1v) is 11.3. The van der Waals surface area contributed by atoms with Gasteiger partial charge in [0.25, 0.3) is 11.8 Å². The van der Waals surface area contributed by atoms with Crippen LogP contribution in [0.3, 0.4) is 0 Å². The van der Waals surface area contributed by atoms with Crippen molar-refractivity contribution in [2.24, 2.45) is 0 Å². The molecule has 6 nitrogen and oxygen atoms in total. The van der Waals surface area contributed by atoms with E-state index >= 15 is 0 Å². The standard InChI is InChI=1S/C25H34N4O2/c1-4-21-10-8-9-13-23(21)26-24(30)18-28-14-16-29(17-15-28)19-25(31)27(3)20(2)22-11-6-5-7-12-22/h5-13,20H,4,14-19H2,1-3H3,(H,26,30)/p+2/t20-/m0/s1. The largest absolute Gasteiger partial charge is 0.334 e. The van der Waals surface area contributed by atoms with Crippen molar-refractivity contribution >= 4 is 17.5 Å². The quantitative estimate of drug-likeness (QED) is 0.567. The number of carbonyl (C=O) groups is 2. The van der Waals surface area contributed by atoms with Crippen molar-refractivity contribution in [3.8, 4) is 0 Å². The fourth-order valence-corrected chi connectivity index (χ4v) is 4.19. The van der Waals surface area contributed by atoms with E-state index in [0.717, 1.165) is 49.4 Å². The van der Waals surface area contributed by atoms with E-state index in [1.165, 1.54) is 9.80 Å². The molecular weight excluding hydrogens is 388 g/mol. The van der Waals surface area contributed by atoms with E-state index in [4.69, 9.17) is 0 Å². The first kappa shape index (κ1) is 23.0. The Morgan fingerprint density at radius 1 is 0.935 bits per heavy atom. The zero-order chi connectivity index (χ0) is 22.2. The number of carbonyl (C=O) groups excluding carboxylic acids is 2. The molecule has 2 aromatic carbocycles. The van der Waals surface area contributed by atoms with Crippen molar-refractivity contribution < 1.29 is 19.4 Å². The third kappa shape index (κ3) is 6.39. The zero-order valence-corrected chi connectivity index (χ0v) is 19.0. The van der Waals surface area contributed by atoms with Crippen molar-refractivity contribution in [2.75, 3.05) is 51.6 Å². The predicted octanol–water partition coefficient (Wildman–Crippen LogP) is 0.191. The fraction of sp³-hybridized carbons (Fsp3) is 0.440. The summed E-state index contributed by atoms with van der Waals surface area (Å²) in [6.07, 6.45) is 0.900. The molecule has 2 amide bonds. The van der Waals surface area contributed by atoms with Crippen molar-refractivity contribution in [2.45, 2.75) is 26.3 Å². The molecule has 0 aliphatic carbocycles. The number of para-hydroxylation sites is 1. The molecule has 1 saturated heterocycles. The molecule has 1 atom stereocenters. The minimum atomic E-state index is 0.0619. The Balaban J connectivity index is 1.43. The number of aryl methyl sites for hydroxylation is 1. The maximum atomic E-state index is 12.8. The number of benzene rings is 2. The van der Waals surface area contributed by atoms with Gasteiger partial charge in [0.15, 0.2) is 13.1 Å². The van der Waals surface area contributed by atoms with E-state index in [1.807, 2.05) is 48.3 Å². The molecule has 3 rings (SSSR count). The van der Waals surface area contributed by atoms with Gasteiger partial charge in [0.1, 0.15) is 26.2 Å². The van der Waals surface area contributed by atoms with Crippen LogP contribution in [0.2, 0.25) is 0 Å². The summed E-state index contributed by atoms with van der Waals surface area (Å²) in [7, 11) is 1.89. The Kier molecular flexibility index (Phi) is 8.20. The van der Waals surface area contributed by atoms with Crippen LogP contribution in [-0.4, -0.2) is 63.0 Å². The van der Waals surface area contributed by atoms with Crippen LogP contribution in [-0.2, 0) is 16.0 Å². The van der Waals surface area contributed by atoms with Gasteiger partial charge in [0.05, 0.1) is 6.04 Å². The number of likely N-dealkylation sites (N-methyl/N-ethyl adjacent to an activating group) is 1. The van der Waals surface area contributed by atoms with Gasteiger partial charge >= 0.3 is 0 Å². The van der Waals surface area contributed by atoms with Gasteiger partial charge in [-0.3, -0.25) is 9.59 Å². The number of nitrogens with one attached hydrogen (secondary N) is 3. The molecule has 31 heavy (non-hydrogen) atoms. The van der Waals surface area contributed by atoms with Gasteiger partial charge < -0.3 is 20.0 Å². The summed E-state index contributed by atoms with van der Waals surface area (Å²) >= 11 is 0. The van der Waals surface area contributed by atoms with Gasteiger partial charge in [-0.2, -0.15) is 0 Å². The first-order chi connectivity index (χ1) is 15.0. The first-order valence-electron chi connectivity index (χ1n) is 11.3. The average Bonchev–Trinajstić information content (AvgIpc) is 2.80. The highest BCUT2D eigenvalue weighted by molar-refractivity contribution is 5.92. The predicted molar refractivity (Wildman–Crippen MR) is 123 cm³/mol. The third-order valence-electron chi connectivity index (χ3n) is 6.40. The topological polar surface area (TPSA) is 58.3 Å². The van der Waals surface area contributed by atoms with Gasteiger partial charge in [-0.25, -0.2) is 0 Å². The van der Waals surface area contributed by atoms with E-state index < -0.39 is 0 Å². The van der Waals surface area contributed by atoms with E-state index in [2.05, 4.69) is 37.4 Å². The molecule has 0 aromatic heterocycles. The maximum Gasteiger partial charge on any atom is 0.279 e. The maximum absolute atomic E-state index is 12.8. The summed E-state index contributed by atoms with van der Waals surface area (Å²) in [6, 6.07) is 18.2. The molecule has 1 aliphatic rings. The summed E-state index contributed by atoms with van der Waals surface area (Å²) in [6.45, 7) is 8.78. The normalized spacial score (nSPS) is 19.5. The van der Waals surface area contributed by atoms with Crippen LogP contribution in [0.15, 0.2) is 54.6 Å². The SMILES string of the molecule is CCc1ccccc1NC(=O)C[NH+]1CC[NH+](CC(=O)N(C)[C@@H](C)c2ccccc2)CC1. The lowest BCUT2D eigenvalue weighted by Crippen LogP contribution is -3.28. The Hall–Kier alpha value is -2.70. The second-order valence-corrected chi connectivity index (χ2v) is 8.50. The smallest absolute Gasteiger partial charge is 0.279 e. The lowest BCUT2D eigenvalue weighted by atomic mass is 10.1. The van der Waals surface area contributed by atoms with Crippen molar-refractivity contribution in [3.63, 3.8) is 0 Å². The second kappa shape index (κ2) is 11.1. The summed E-state index contributed by atoms with van der Waals surface area (Å²) in [5.74, 6) is 0.232. The third-order valence-corrected chi connectivity index (χ3v) is 6.40. The molecule has 2 aromatic rings. The highest BCUT2D eigenvalue weighted by atomic mass is 16.2. The Morgan fingerprint density at radius 2 is 1.52 bits per heavy atom. The number of hydrogen-bond donors (Lipinski definition) is 3. The Labute approximate surface area is 185 Å². The molecule has 3 N–H and O–H groups in total. The van der Waals surface area contributed by atoms with Crippen molar-refractivity contribution in [1.82, 2.24) is 4.90 Å². The molecule has 0 unspecified atom stereocenters. The zero-order valence-electron chi connectivity index (χ0n) is 19.0. The van der Waals surface area contributed by atoms with Crippen LogP contribution < -0.4 is 15.1 Å². The van der Waals surface area contributed by atoms with Crippen LogP contribution in [0, 0.1) is 0 Å². The number of rotatable bonds is 8. The monoisotopic (exact) mass is 424 g/mol. The number of hydrogen-bond acceptors (Lipinski definition) is 2. The molecule has 0 spiro atoms. The van der Waals surface area contributed by atoms with Crippen LogP contribution in [0.4, 0.5) is 5.69 Å². The number of nitrogens with zero attached hydrogens (tertiary/aromatic N) is 1. The highest BCUT2D eigenvalue weighted by Crippen LogP contribution is 2.17. The van der Waals surface area contributed by atoms with Crippen LogP contribution >= 0.6 is 0 Å².